The Morgan fingerprint density at radius 3 is 2.55 bits per heavy atom. The Balaban J connectivity index is 1.68. The van der Waals surface area contributed by atoms with E-state index in [1.807, 2.05) is 6.07 Å². The SMILES string of the molecule is COc1ccccc1OCc1ccc(C(=O)Nc2cc(C)ccc2OC(F)F)o1. The van der Waals surface area contributed by atoms with E-state index in [0.717, 1.165) is 5.56 Å². The zero-order chi connectivity index (χ0) is 20.8. The fourth-order valence-electron chi connectivity index (χ4n) is 2.59. The number of para-hydroxylation sites is 2. The quantitative estimate of drug-likeness (QED) is 0.571. The second-order valence-electron chi connectivity index (χ2n) is 6.04. The zero-order valence-corrected chi connectivity index (χ0v) is 15.8. The Hall–Kier alpha value is -3.55. The Morgan fingerprint density at radius 2 is 1.83 bits per heavy atom. The number of amides is 1. The Labute approximate surface area is 166 Å². The van der Waals surface area contributed by atoms with Crippen molar-refractivity contribution < 1.29 is 32.2 Å². The molecule has 29 heavy (non-hydrogen) atoms. The minimum Gasteiger partial charge on any atom is -0.493 e. The second-order valence-corrected chi connectivity index (χ2v) is 6.04. The fraction of sp³-hybridized carbons (Fsp3) is 0.190. The highest BCUT2D eigenvalue weighted by atomic mass is 19.3. The van der Waals surface area contributed by atoms with Crippen LogP contribution in [0.15, 0.2) is 59.0 Å². The molecule has 0 aliphatic heterocycles. The van der Waals surface area contributed by atoms with E-state index >= 15 is 0 Å². The van der Waals surface area contributed by atoms with E-state index in [9.17, 15) is 13.6 Å². The molecule has 0 atom stereocenters. The lowest BCUT2D eigenvalue weighted by Crippen LogP contribution is -2.13. The van der Waals surface area contributed by atoms with Gasteiger partial charge in [-0.05, 0) is 48.9 Å². The van der Waals surface area contributed by atoms with Crippen LogP contribution >= 0.6 is 0 Å². The second kappa shape index (κ2) is 9.09. The number of nitrogens with one attached hydrogen (secondary N) is 1. The minimum absolute atomic E-state index is 0.00753. The molecule has 1 amide bonds. The van der Waals surface area contributed by atoms with Gasteiger partial charge in [-0.25, -0.2) is 0 Å². The van der Waals surface area contributed by atoms with E-state index in [1.165, 1.54) is 25.3 Å². The van der Waals surface area contributed by atoms with Crippen LogP contribution in [0.2, 0.25) is 0 Å². The van der Waals surface area contributed by atoms with Crippen LogP contribution in [-0.2, 0) is 6.61 Å². The molecule has 0 saturated carbocycles. The van der Waals surface area contributed by atoms with Crippen LogP contribution in [0.1, 0.15) is 21.9 Å². The average molecular weight is 403 g/mol. The molecule has 3 rings (SSSR count). The van der Waals surface area contributed by atoms with Gasteiger partial charge in [0.15, 0.2) is 17.3 Å². The third-order valence-electron chi connectivity index (χ3n) is 3.92. The summed E-state index contributed by atoms with van der Waals surface area (Å²) < 4.78 is 45.9. The van der Waals surface area contributed by atoms with Gasteiger partial charge in [0.1, 0.15) is 18.1 Å². The van der Waals surface area contributed by atoms with Crippen molar-refractivity contribution in [3.8, 4) is 17.2 Å². The standard InChI is InChI=1S/C21H19F2NO5/c1-13-7-9-16(29-21(22)23)15(11-13)24-20(25)19-10-8-14(28-19)12-27-18-6-4-3-5-17(18)26-2/h3-11,21H,12H2,1-2H3,(H,24,25). The summed E-state index contributed by atoms with van der Waals surface area (Å²) in [5.74, 6) is 0.792. The van der Waals surface area contributed by atoms with Crippen LogP contribution in [0, 0.1) is 6.92 Å². The number of anilines is 1. The number of halogens is 2. The molecule has 6 nitrogen and oxygen atoms in total. The first-order chi connectivity index (χ1) is 14.0. The lowest BCUT2D eigenvalue weighted by atomic mass is 10.2. The van der Waals surface area contributed by atoms with Crippen LogP contribution in [0.3, 0.4) is 0 Å². The number of methoxy groups -OCH3 is 1. The first kappa shape index (κ1) is 20.2. The number of aryl methyl sites for hydroxylation is 1. The third-order valence-corrected chi connectivity index (χ3v) is 3.92. The molecule has 0 aliphatic rings. The Bertz CT molecular complexity index is 987. The zero-order valence-electron chi connectivity index (χ0n) is 15.8. The molecule has 0 saturated heterocycles. The highest BCUT2D eigenvalue weighted by Gasteiger charge is 2.16. The van der Waals surface area contributed by atoms with Crippen molar-refractivity contribution in [2.24, 2.45) is 0 Å². The summed E-state index contributed by atoms with van der Waals surface area (Å²) in [5.41, 5.74) is 0.894. The molecule has 0 radical (unpaired) electrons. The number of hydrogen-bond donors (Lipinski definition) is 1. The van der Waals surface area contributed by atoms with Crippen LogP contribution in [0.4, 0.5) is 14.5 Å². The molecule has 1 heterocycles. The maximum atomic E-state index is 12.6. The van der Waals surface area contributed by atoms with Crippen molar-refractivity contribution in [2.75, 3.05) is 12.4 Å². The third kappa shape index (κ3) is 5.25. The molecule has 0 bridgehead atoms. The predicted molar refractivity (Wildman–Crippen MR) is 102 cm³/mol. The van der Waals surface area contributed by atoms with Crippen molar-refractivity contribution >= 4 is 11.6 Å². The van der Waals surface area contributed by atoms with Crippen LogP contribution in [0.25, 0.3) is 0 Å². The molecule has 0 unspecified atom stereocenters. The van der Waals surface area contributed by atoms with Crippen molar-refractivity contribution in [3.05, 3.63) is 71.7 Å². The summed E-state index contributed by atoms with van der Waals surface area (Å²) in [6.07, 6.45) is 0. The van der Waals surface area contributed by atoms with Gasteiger partial charge in [0, 0.05) is 0 Å². The Morgan fingerprint density at radius 1 is 1.07 bits per heavy atom. The molecule has 152 valence electrons. The highest BCUT2D eigenvalue weighted by Crippen LogP contribution is 2.29. The van der Waals surface area contributed by atoms with E-state index in [-0.39, 0.29) is 23.8 Å². The number of carbonyl (C=O) groups is 1. The smallest absolute Gasteiger partial charge is 0.387 e. The summed E-state index contributed by atoms with van der Waals surface area (Å²) in [7, 11) is 1.54. The van der Waals surface area contributed by atoms with Gasteiger partial charge in [0.05, 0.1) is 12.8 Å². The van der Waals surface area contributed by atoms with Crippen LogP contribution in [0.5, 0.6) is 17.2 Å². The number of rotatable bonds is 8. The van der Waals surface area contributed by atoms with Crippen molar-refractivity contribution in [2.45, 2.75) is 20.1 Å². The molecule has 0 fully saturated rings. The summed E-state index contributed by atoms with van der Waals surface area (Å²) >= 11 is 0. The highest BCUT2D eigenvalue weighted by molar-refractivity contribution is 6.03. The molecule has 1 N–H and O–H groups in total. The average Bonchev–Trinajstić information content (AvgIpc) is 3.17. The molecular weight excluding hydrogens is 384 g/mol. The monoisotopic (exact) mass is 403 g/mol. The number of carbonyl (C=O) groups excluding carboxylic acids is 1. The summed E-state index contributed by atoms with van der Waals surface area (Å²) in [6.45, 7) is -1.16. The fourth-order valence-corrected chi connectivity index (χ4v) is 2.59. The van der Waals surface area contributed by atoms with Crippen LogP contribution < -0.4 is 19.5 Å². The van der Waals surface area contributed by atoms with E-state index in [0.29, 0.717) is 17.3 Å². The molecule has 1 aromatic heterocycles. The molecule has 2 aromatic carbocycles. The number of benzene rings is 2. The lowest BCUT2D eigenvalue weighted by molar-refractivity contribution is -0.0493. The van der Waals surface area contributed by atoms with Crippen LogP contribution in [-0.4, -0.2) is 19.6 Å². The molecular formula is C21H19F2NO5. The van der Waals surface area contributed by atoms with Gasteiger partial charge >= 0.3 is 6.61 Å². The van der Waals surface area contributed by atoms with Gasteiger partial charge in [0.2, 0.25) is 0 Å². The number of furan rings is 1. The molecule has 0 spiro atoms. The van der Waals surface area contributed by atoms with Crippen molar-refractivity contribution in [3.63, 3.8) is 0 Å². The van der Waals surface area contributed by atoms with Crippen molar-refractivity contribution in [1.82, 2.24) is 0 Å². The van der Waals surface area contributed by atoms with E-state index < -0.39 is 12.5 Å². The summed E-state index contributed by atoms with van der Waals surface area (Å²) in [6, 6.07) is 14.7. The Kier molecular flexibility index (Phi) is 6.33. The maximum absolute atomic E-state index is 12.6. The van der Waals surface area contributed by atoms with Gasteiger partial charge in [-0.15, -0.1) is 0 Å². The van der Waals surface area contributed by atoms with Gasteiger partial charge in [-0.3, -0.25) is 4.79 Å². The summed E-state index contributed by atoms with van der Waals surface area (Å²) in [4.78, 5) is 12.4. The van der Waals surface area contributed by atoms with Crippen molar-refractivity contribution in [1.29, 1.82) is 0 Å². The number of ether oxygens (including phenoxy) is 3. The van der Waals surface area contributed by atoms with Gasteiger partial charge in [-0.2, -0.15) is 8.78 Å². The maximum Gasteiger partial charge on any atom is 0.387 e. The first-order valence-corrected chi connectivity index (χ1v) is 8.67. The van der Waals surface area contributed by atoms with E-state index in [2.05, 4.69) is 10.1 Å². The molecule has 3 aromatic rings. The number of hydrogen-bond acceptors (Lipinski definition) is 5. The lowest BCUT2D eigenvalue weighted by Gasteiger charge is -2.12. The van der Waals surface area contributed by atoms with Gasteiger partial charge in [-0.1, -0.05) is 18.2 Å². The summed E-state index contributed by atoms with van der Waals surface area (Å²) in [5, 5.41) is 2.53. The van der Waals surface area contributed by atoms with Gasteiger partial charge < -0.3 is 23.9 Å². The molecule has 8 heteroatoms. The largest absolute Gasteiger partial charge is 0.493 e. The minimum atomic E-state index is -3.00. The van der Waals surface area contributed by atoms with Gasteiger partial charge in [0.25, 0.3) is 5.91 Å². The molecule has 0 aliphatic carbocycles. The first-order valence-electron chi connectivity index (χ1n) is 8.67. The predicted octanol–water partition coefficient (Wildman–Crippen LogP) is 5.03. The normalized spacial score (nSPS) is 10.7. The topological polar surface area (TPSA) is 69.9 Å². The number of alkyl halides is 2. The van der Waals surface area contributed by atoms with E-state index in [4.69, 9.17) is 13.9 Å². The van der Waals surface area contributed by atoms with E-state index in [1.54, 1.807) is 37.3 Å².